The SMILES string of the molecule is COC(=O)C1=NN(c2cccc(C)c2)C2(C=CC(c3ccc(Cl)cc3)=NN2c2ccccc2)S1. The first-order chi connectivity index (χ1) is 16.5. The molecule has 2 aliphatic rings. The quantitative estimate of drug-likeness (QED) is 0.433. The first-order valence-corrected chi connectivity index (χ1v) is 11.8. The van der Waals surface area contributed by atoms with E-state index >= 15 is 0 Å². The number of hydrogen-bond donors (Lipinski definition) is 0. The number of nitrogens with zero attached hydrogens (tertiary/aromatic N) is 4. The molecule has 3 aromatic rings. The second-order valence-electron chi connectivity index (χ2n) is 7.78. The van der Waals surface area contributed by atoms with E-state index in [1.807, 2.05) is 108 Å². The second kappa shape index (κ2) is 9.00. The van der Waals surface area contributed by atoms with E-state index in [1.54, 1.807) is 0 Å². The lowest BCUT2D eigenvalue weighted by Gasteiger charge is -2.43. The standard InChI is InChI=1S/C26H21ClN4O2S/c1-18-7-6-10-22(17-18)31-26(34-24(29-31)25(32)33-2)16-15-23(19-11-13-20(27)14-12-19)28-30(26)21-8-4-3-5-9-21/h3-17H,1-2H3. The maximum Gasteiger partial charge on any atom is 0.365 e. The smallest absolute Gasteiger partial charge is 0.365 e. The fraction of sp³-hybridized carbons (Fsp3) is 0.115. The third-order valence-corrected chi connectivity index (χ3v) is 6.93. The number of ether oxygens (including phenoxy) is 1. The van der Waals surface area contributed by atoms with Crippen molar-refractivity contribution in [2.75, 3.05) is 17.1 Å². The van der Waals surface area contributed by atoms with Gasteiger partial charge in [-0.3, -0.25) is 0 Å². The zero-order valence-electron chi connectivity index (χ0n) is 18.6. The normalized spacial score (nSPS) is 19.3. The molecule has 0 aliphatic carbocycles. The van der Waals surface area contributed by atoms with Crippen LogP contribution in [0.15, 0.2) is 101 Å². The number of benzene rings is 3. The summed E-state index contributed by atoms with van der Waals surface area (Å²) in [5.41, 5.74) is 4.46. The Morgan fingerprint density at radius 1 is 0.941 bits per heavy atom. The van der Waals surface area contributed by atoms with Crippen LogP contribution in [0.5, 0.6) is 0 Å². The third kappa shape index (κ3) is 3.97. The van der Waals surface area contributed by atoms with Gasteiger partial charge in [0.15, 0.2) is 0 Å². The highest BCUT2D eigenvalue weighted by molar-refractivity contribution is 8.17. The number of carbonyl (C=O) groups is 1. The Labute approximate surface area is 207 Å². The summed E-state index contributed by atoms with van der Waals surface area (Å²) >= 11 is 7.39. The molecule has 5 rings (SSSR count). The monoisotopic (exact) mass is 488 g/mol. The second-order valence-corrected chi connectivity index (χ2v) is 9.41. The maximum atomic E-state index is 12.6. The number of carbonyl (C=O) groups excluding carboxylic acids is 1. The summed E-state index contributed by atoms with van der Waals surface area (Å²) in [6.07, 6.45) is 3.97. The molecule has 2 aliphatic heterocycles. The van der Waals surface area contributed by atoms with Crippen LogP contribution in [-0.2, 0) is 9.53 Å². The van der Waals surface area contributed by atoms with Gasteiger partial charge in [-0.05, 0) is 72.8 Å². The molecule has 0 saturated heterocycles. The minimum Gasteiger partial charge on any atom is -0.464 e. The van der Waals surface area contributed by atoms with Crippen LogP contribution in [0.2, 0.25) is 5.02 Å². The molecule has 1 atom stereocenters. The van der Waals surface area contributed by atoms with Gasteiger partial charge in [-0.2, -0.15) is 10.2 Å². The lowest BCUT2D eigenvalue weighted by atomic mass is 10.1. The minimum atomic E-state index is -0.950. The molecule has 0 radical (unpaired) electrons. The van der Waals surface area contributed by atoms with Crippen molar-refractivity contribution >= 4 is 51.5 Å². The maximum absolute atomic E-state index is 12.6. The Hall–Kier alpha value is -3.55. The molecule has 3 aromatic carbocycles. The van der Waals surface area contributed by atoms with Crippen LogP contribution in [0.3, 0.4) is 0 Å². The van der Waals surface area contributed by atoms with Gasteiger partial charge in [0.05, 0.1) is 24.2 Å². The fourth-order valence-electron chi connectivity index (χ4n) is 3.84. The summed E-state index contributed by atoms with van der Waals surface area (Å²) in [4.78, 5) is 11.6. The van der Waals surface area contributed by atoms with Gasteiger partial charge in [0, 0.05) is 10.6 Å². The predicted molar refractivity (Wildman–Crippen MR) is 139 cm³/mol. The Balaban J connectivity index is 1.67. The molecule has 0 saturated carbocycles. The van der Waals surface area contributed by atoms with Crippen LogP contribution in [0, 0.1) is 6.92 Å². The summed E-state index contributed by atoms with van der Waals surface area (Å²) in [5.74, 6) is -0.492. The number of aryl methyl sites for hydroxylation is 1. The number of hydrazone groups is 2. The first-order valence-electron chi connectivity index (χ1n) is 10.6. The highest BCUT2D eigenvalue weighted by Crippen LogP contribution is 2.48. The molecule has 170 valence electrons. The fourth-order valence-corrected chi connectivity index (χ4v) is 5.14. The van der Waals surface area contributed by atoms with Gasteiger partial charge < -0.3 is 4.74 Å². The predicted octanol–water partition coefficient (Wildman–Crippen LogP) is 5.82. The number of rotatable bonds is 4. The van der Waals surface area contributed by atoms with Crippen LogP contribution in [-0.4, -0.2) is 28.8 Å². The number of hydrogen-bond acceptors (Lipinski definition) is 7. The Morgan fingerprint density at radius 3 is 2.35 bits per heavy atom. The van der Waals surface area contributed by atoms with E-state index < -0.39 is 11.0 Å². The van der Waals surface area contributed by atoms with Crippen LogP contribution in [0.25, 0.3) is 0 Å². The topological polar surface area (TPSA) is 57.5 Å². The van der Waals surface area contributed by atoms with Gasteiger partial charge >= 0.3 is 5.97 Å². The molecule has 0 fully saturated rings. The molecule has 2 heterocycles. The number of methoxy groups -OCH3 is 1. The number of allylic oxidation sites excluding steroid dienone is 1. The number of anilines is 2. The van der Waals surface area contributed by atoms with Gasteiger partial charge in [0.1, 0.15) is 0 Å². The van der Waals surface area contributed by atoms with Crippen molar-refractivity contribution in [3.8, 4) is 0 Å². The van der Waals surface area contributed by atoms with E-state index in [1.165, 1.54) is 18.9 Å². The molecule has 1 unspecified atom stereocenters. The summed E-state index contributed by atoms with van der Waals surface area (Å²) in [6, 6.07) is 25.4. The Morgan fingerprint density at radius 2 is 1.65 bits per heavy atom. The third-order valence-electron chi connectivity index (χ3n) is 5.46. The van der Waals surface area contributed by atoms with Crippen LogP contribution >= 0.6 is 23.4 Å². The van der Waals surface area contributed by atoms with Crippen molar-refractivity contribution < 1.29 is 9.53 Å². The lowest BCUT2D eigenvalue weighted by molar-refractivity contribution is -0.132. The van der Waals surface area contributed by atoms with Crippen LogP contribution < -0.4 is 10.0 Å². The molecule has 0 bridgehead atoms. The van der Waals surface area contributed by atoms with Crippen molar-refractivity contribution in [1.29, 1.82) is 0 Å². The van der Waals surface area contributed by atoms with Crippen molar-refractivity contribution in [1.82, 2.24) is 0 Å². The van der Waals surface area contributed by atoms with Crippen LogP contribution in [0.1, 0.15) is 11.1 Å². The van der Waals surface area contributed by atoms with E-state index in [0.29, 0.717) is 5.02 Å². The summed E-state index contributed by atoms with van der Waals surface area (Å²) in [6.45, 7) is 2.02. The van der Waals surface area contributed by atoms with Gasteiger partial charge in [-0.15, -0.1) is 0 Å². The summed E-state index contributed by atoms with van der Waals surface area (Å²) in [7, 11) is 1.36. The van der Waals surface area contributed by atoms with Crippen LogP contribution in [0.4, 0.5) is 11.4 Å². The van der Waals surface area contributed by atoms with E-state index in [-0.39, 0.29) is 5.04 Å². The molecule has 0 aromatic heterocycles. The molecule has 8 heteroatoms. The highest BCUT2D eigenvalue weighted by atomic mass is 35.5. The number of para-hydroxylation sites is 1. The number of halogens is 1. The van der Waals surface area contributed by atoms with Gasteiger partial charge in [0.25, 0.3) is 0 Å². The van der Waals surface area contributed by atoms with Crippen molar-refractivity contribution in [2.24, 2.45) is 10.2 Å². The lowest BCUT2D eigenvalue weighted by Crippen LogP contribution is -2.53. The molecular formula is C26H21ClN4O2S. The molecule has 6 nitrogen and oxygen atoms in total. The largest absolute Gasteiger partial charge is 0.464 e. The molecule has 1 spiro atoms. The Bertz CT molecular complexity index is 1320. The molecular weight excluding hydrogens is 468 g/mol. The number of esters is 1. The van der Waals surface area contributed by atoms with Crippen molar-refractivity contribution in [2.45, 2.75) is 11.9 Å². The van der Waals surface area contributed by atoms with E-state index in [0.717, 1.165) is 28.2 Å². The average molecular weight is 489 g/mol. The zero-order chi connectivity index (χ0) is 23.7. The van der Waals surface area contributed by atoms with E-state index in [9.17, 15) is 4.79 Å². The molecule has 0 N–H and O–H groups in total. The van der Waals surface area contributed by atoms with E-state index in [2.05, 4.69) is 0 Å². The van der Waals surface area contributed by atoms with Gasteiger partial charge in [-0.25, -0.2) is 14.8 Å². The van der Waals surface area contributed by atoms with E-state index in [4.69, 9.17) is 26.5 Å². The summed E-state index contributed by atoms with van der Waals surface area (Å²) in [5, 5.41) is 14.4. The summed E-state index contributed by atoms with van der Waals surface area (Å²) < 4.78 is 5.01. The zero-order valence-corrected chi connectivity index (χ0v) is 20.1. The molecule has 34 heavy (non-hydrogen) atoms. The molecule has 0 amide bonds. The minimum absolute atomic E-state index is 0.250. The van der Waals surface area contributed by atoms with Gasteiger partial charge in [-0.1, -0.05) is 54.1 Å². The Kier molecular flexibility index (Phi) is 5.89. The number of thioether (sulfide) groups is 1. The van der Waals surface area contributed by atoms with Crippen molar-refractivity contribution in [3.63, 3.8) is 0 Å². The van der Waals surface area contributed by atoms with Crippen molar-refractivity contribution in [3.05, 3.63) is 107 Å². The van der Waals surface area contributed by atoms with Gasteiger partial charge in [0.2, 0.25) is 10.0 Å². The first kappa shape index (κ1) is 22.3. The highest BCUT2D eigenvalue weighted by Gasteiger charge is 2.51. The average Bonchev–Trinajstić information content (AvgIpc) is 3.24.